The van der Waals surface area contributed by atoms with Crippen molar-refractivity contribution < 1.29 is 27.2 Å². The molecule has 222 valence electrons. The highest BCUT2D eigenvalue weighted by Crippen LogP contribution is 2.33. The fourth-order valence-corrected chi connectivity index (χ4v) is 4.13. The SMILES string of the molecule is CO/C(N)=C/C=C(\N)n1c(=O)c(C(CBr)=Nc2ccc([N+](=O)[O-])cc2)c(N)n(Cc2c(F)cccc2C(F)(F)F)c1=O. The molecule has 1 aromatic heterocycles. The molecule has 0 aliphatic heterocycles. The van der Waals surface area contributed by atoms with E-state index in [9.17, 15) is 37.3 Å². The van der Waals surface area contributed by atoms with Gasteiger partial charge in [0.2, 0.25) is 0 Å². The smallest absolute Gasteiger partial charge is 0.416 e. The minimum Gasteiger partial charge on any atom is -0.483 e. The quantitative estimate of drug-likeness (QED) is 0.0595. The number of nitrogens with two attached hydrogens (primary N) is 3. The van der Waals surface area contributed by atoms with Crippen LogP contribution < -0.4 is 28.5 Å². The summed E-state index contributed by atoms with van der Waals surface area (Å²) in [6, 6.07) is 7.10. The van der Waals surface area contributed by atoms with Crippen LogP contribution in [0.5, 0.6) is 0 Å². The molecular weight excluding hydrogens is 634 g/mol. The summed E-state index contributed by atoms with van der Waals surface area (Å²) in [5.74, 6) is -2.62. The number of allylic oxidation sites excluding steroid dienone is 2. The second-order valence-corrected chi connectivity index (χ2v) is 8.92. The van der Waals surface area contributed by atoms with Crippen molar-refractivity contribution in [2.45, 2.75) is 12.7 Å². The number of aliphatic imine (C=N–C) groups is 1. The van der Waals surface area contributed by atoms with Crippen LogP contribution in [0.3, 0.4) is 0 Å². The van der Waals surface area contributed by atoms with Crippen LogP contribution in [-0.2, 0) is 17.5 Å². The van der Waals surface area contributed by atoms with Crippen LogP contribution in [0.2, 0.25) is 0 Å². The first-order chi connectivity index (χ1) is 19.7. The van der Waals surface area contributed by atoms with Gasteiger partial charge in [-0.2, -0.15) is 13.2 Å². The van der Waals surface area contributed by atoms with E-state index in [4.69, 9.17) is 21.9 Å². The highest BCUT2D eigenvalue weighted by Gasteiger charge is 2.35. The predicted molar refractivity (Wildman–Crippen MR) is 151 cm³/mol. The van der Waals surface area contributed by atoms with Gasteiger partial charge < -0.3 is 21.9 Å². The number of nitro benzene ring substituents is 1. The Kier molecular flexibility index (Phi) is 9.56. The maximum Gasteiger partial charge on any atom is 0.416 e. The van der Waals surface area contributed by atoms with Crippen molar-refractivity contribution in [3.05, 3.63) is 114 Å². The average molecular weight is 656 g/mol. The number of ether oxygens (including phenoxy) is 1. The van der Waals surface area contributed by atoms with Crippen molar-refractivity contribution in [2.24, 2.45) is 16.5 Å². The van der Waals surface area contributed by atoms with Gasteiger partial charge in [-0.1, -0.05) is 22.0 Å². The van der Waals surface area contributed by atoms with E-state index in [0.717, 1.165) is 36.4 Å². The van der Waals surface area contributed by atoms with E-state index in [2.05, 4.69) is 20.9 Å². The van der Waals surface area contributed by atoms with Gasteiger partial charge >= 0.3 is 11.9 Å². The molecule has 1 heterocycles. The topological polar surface area (TPSA) is 187 Å². The van der Waals surface area contributed by atoms with Gasteiger partial charge in [-0.3, -0.25) is 24.5 Å². The monoisotopic (exact) mass is 655 g/mol. The zero-order valence-corrected chi connectivity index (χ0v) is 23.1. The molecule has 2 aromatic carbocycles. The number of nitro groups is 1. The molecule has 12 nitrogen and oxygen atoms in total. The molecule has 0 spiro atoms. The van der Waals surface area contributed by atoms with Crippen molar-refractivity contribution in [3.63, 3.8) is 0 Å². The summed E-state index contributed by atoms with van der Waals surface area (Å²) in [5.41, 5.74) is 12.3. The first kappa shape index (κ1) is 31.6. The Balaban J connectivity index is 2.39. The first-order valence-corrected chi connectivity index (χ1v) is 12.7. The zero-order chi connectivity index (χ0) is 31.4. The fourth-order valence-electron chi connectivity index (χ4n) is 3.73. The number of anilines is 1. The third-order valence-corrected chi connectivity index (χ3v) is 6.31. The van der Waals surface area contributed by atoms with Gasteiger partial charge in [0.1, 0.15) is 23.0 Å². The Hall–Kier alpha value is -4.93. The Labute approximate surface area is 242 Å². The number of nitrogen functional groups attached to an aromatic ring is 1. The Morgan fingerprint density at radius 3 is 2.33 bits per heavy atom. The van der Waals surface area contributed by atoms with Crippen LogP contribution in [0.1, 0.15) is 16.7 Å². The average Bonchev–Trinajstić information content (AvgIpc) is 2.93. The number of hydrogen-bond acceptors (Lipinski definition) is 9. The number of nitrogens with zero attached hydrogens (tertiary/aromatic N) is 4. The Morgan fingerprint density at radius 2 is 1.79 bits per heavy atom. The number of aromatic nitrogens is 2. The largest absolute Gasteiger partial charge is 0.483 e. The highest BCUT2D eigenvalue weighted by molar-refractivity contribution is 9.09. The van der Waals surface area contributed by atoms with Crippen LogP contribution in [0, 0.1) is 15.9 Å². The van der Waals surface area contributed by atoms with E-state index in [-0.39, 0.29) is 28.3 Å². The zero-order valence-electron chi connectivity index (χ0n) is 21.6. The second-order valence-electron chi connectivity index (χ2n) is 8.36. The maximum absolute atomic E-state index is 14.7. The van der Waals surface area contributed by atoms with Gasteiger partial charge in [-0.05, 0) is 30.3 Å². The molecule has 0 unspecified atom stereocenters. The number of benzene rings is 2. The van der Waals surface area contributed by atoms with Crippen LogP contribution in [0.15, 0.2) is 75.1 Å². The molecule has 0 bridgehead atoms. The molecule has 0 fully saturated rings. The van der Waals surface area contributed by atoms with Crippen LogP contribution in [0.4, 0.5) is 34.8 Å². The standard InChI is InChI=1S/C25H22BrF4N7O5/c1-42-20(32)10-9-19(31)36-23(38)21(18(11-26)34-13-5-7-14(8-6-13)37(40)41)22(33)35(24(36)39)12-15-16(25(28,29)30)3-2-4-17(15)27/h2-10H,11-12,31-33H2,1H3/b19-9+,20-10+,34-18?. The molecule has 17 heteroatoms. The molecule has 0 radical (unpaired) electrons. The van der Waals surface area contributed by atoms with Gasteiger partial charge in [0.15, 0.2) is 5.88 Å². The molecule has 0 saturated carbocycles. The molecule has 0 aliphatic carbocycles. The van der Waals surface area contributed by atoms with Crippen molar-refractivity contribution >= 4 is 44.7 Å². The Bertz CT molecular complexity index is 1730. The number of alkyl halides is 4. The van der Waals surface area contributed by atoms with Gasteiger partial charge in [0.25, 0.3) is 11.2 Å². The minimum absolute atomic E-state index is 0.127. The summed E-state index contributed by atoms with van der Waals surface area (Å²) in [6.45, 7) is -1.05. The summed E-state index contributed by atoms with van der Waals surface area (Å²) < 4.78 is 61.6. The minimum atomic E-state index is -4.99. The normalized spacial score (nSPS) is 12.9. The van der Waals surface area contributed by atoms with Gasteiger partial charge in [0.05, 0.1) is 35.5 Å². The fraction of sp³-hybridized carbons (Fsp3) is 0.160. The van der Waals surface area contributed by atoms with E-state index < -0.39 is 63.0 Å². The lowest BCUT2D eigenvalue weighted by Crippen LogP contribution is -2.45. The summed E-state index contributed by atoms with van der Waals surface area (Å²) in [4.78, 5) is 41.7. The molecule has 3 aromatic rings. The number of non-ortho nitro benzene ring substituents is 1. The van der Waals surface area contributed by atoms with Crippen molar-refractivity contribution in [1.82, 2.24) is 9.13 Å². The molecule has 0 saturated heterocycles. The van der Waals surface area contributed by atoms with E-state index in [1.165, 1.54) is 19.2 Å². The molecular formula is C25H22BrF4N7O5. The molecule has 0 atom stereocenters. The summed E-state index contributed by atoms with van der Waals surface area (Å²) in [6.07, 6.45) is -2.86. The van der Waals surface area contributed by atoms with Crippen molar-refractivity contribution in [3.8, 4) is 0 Å². The van der Waals surface area contributed by atoms with Gasteiger partial charge in [-0.15, -0.1) is 0 Å². The first-order valence-electron chi connectivity index (χ1n) is 11.6. The lowest BCUT2D eigenvalue weighted by atomic mass is 10.1. The summed E-state index contributed by atoms with van der Waals surface area (Å²) >= 11 is 3.17. The lowest BCUT2D eigenvalue weighted by Gasteiger charge is -2.19. The van der Waals surface area contributed by atoms with Crippen LogP contribution >= 0.6 is 15.9 Å². The van der Waals surface area contributed by atoms with E-state index in [1.807, 2.05) is 0 Å². The van der Waals surface area contributed by atoms with Crippen LogP contribution in [0.25, 0.3) is 5.82 Å². The third-order valence-electron chi connectivity index (χ3n) is 5.78. The van der Waals surface area contributed by atoms with Gasteiger partial charge in [0, 0.05) is 29.1 Å². The summed E-state index contributed by atoms with van der Waals surface area (Å²) in [5, 5.41) is 10.8. The van der Waals surface area contributed by atoms with Gasteiger partial charge in [-0.25, -0.2) is 13.8 Å². The molecule has 0 aliphatic rings. The number of hydrogen-bond donors (Lipinski definition) is 3. The lowest BCUT2D eigenvalue weighted by molar-refractivity contribution is -0.384. The molecule has 6 N–H and O–H groups in total. The van der Waals surface area contributed by atoms with E-state index >= 15 is 0 Å². The Morgan fingerprint density at radius 1 is 1.14 bits per heavy atom. The predicted octanol–water partition coefficient (Wildman–Crippen LogP) is 3.43. The summed E-state index contributed by atoms with van der Waals surface area (Å²) in [7, 11) is 1.24. The maximum atomic E-state index is 14.7. The van der Waals surface area contributed by atoms with Crippen molar-refractivity contribution in [2.75, 3.05) is 18.2 Å². The molecule has 3 rings (SSSR count). The number of halogens is 5. The molecule has 42 heavy (non-hydrogen) atoms. The highest BCUT2D eigenvalue weighted by atomic mass is 79.9. The van der Waals surface area contributed by atoms with E-state index in [1.54, 1.807) is 0 Å². The third kappa shape index (κ3) is 6.68. The second kappa shape index (κ2) is 12.7. The molecule has 0 amide bonds. The van der Waals surface area contributed by atoms with E-state index in [0.29, 0.717) is 15.2 Å². The van der Waals surface area contributed by atoms with Crippen LogP contribution in [-0.4, -0.2) is 32.2 Å². The number of methoxy groups -OCH3 is 1. The van der Waals surface area contributed by atoms with Crippen molar-refractivity contribution in [1.29, 1.82) is 0 Å². The number of rotatable bonds is 9.